The molecule has 1 aromatic rings. The summed E-state index contributed by atoms with van der Waals surface area (Å²) in [4.78, 5) is 12.1. The Morgan fingerprint density at radius 3 is 2.87 bits per heavy atom. The van der Waals surface area contributed by atoms with Crippen LogP contribution in [0.25, 0.3) is 0 Å². The van der Waals surface area contributed by atoms with E-state index in [0.717, 1.165) is 37.0 Å². The molecular formula is C18H26N2O3. The first kappa shape index (κ1) is 16.1. The number of fused-ring (bicyclic) bond motifs is 1. The molecule has 2 unspecified atom stereocenters. The molecule has 0 spiro atoms. The van der Waals surface area contributed by atoms with Crippen molar-refractivity contribution in [2.45, 2.75) is 56.6 Å². The fourth-order valence-corrected chi connectivity index (χ4v) is 3.59. The minimum absolute atomic E-state index is 0.0281. The number of amides is 2. The molecule has 1 fully saturated rings. The van der Waals surface area contributed by atoms with E-state index in [0.29, 0.717) is 13.2 Å². The second kappa shape index (κ2) is 6.79. The first-order valence-corrected chi connectivity index (χ1v) is 8.56. The summed E-state index contributed by atoms with van der Waals surface area (Å²) in [6.45, 7) is 2.90. The van der Waals surface area contributed by atoms with Gasteiger partial charge in [0.05, 0.1) is 12.2 Å². The molecule has 1 aromatic carbocycles. The topological polar surface area (TPSA) is 70.6 Å². The molecule has 23 heavy (non-hydrogen) atoms. The van der Waals surface area contributed by atoms with Crippen LogP contribution in [0.2, 0.25) is 0 Å². The van der Waals surface area contributed by atoms with Gasteiger partial charge in [-0.3, -0.25) is 0 Å². The second-order valence-electron chi connectivity index (χ2n) is 6.86. The molecule has 0 aromatic heterocycles. The Morgan fingerprint density at radius 1 is 1.35 bits per heavy atom. The second-order valence-corrected chi connectivity index (χ2v) is 6.86. The summed E-state index contributed by atoms with van der Waals surface area (Å²) in [5.74, 6) is 1.07. The van der Waals surface area contributed by atoms with E-state index in [1.807, 2.05) is 31.2 Å². The lowest BCUT2D eigenvalue weighted by Crippen LogP contribution is -2.50. The minimum Gasteiger partial charge on any atom is -0.493 e. The van der Waals surface area contributed by atoms with Gasteiger partial charge in [-0.25, -0.2) is 4.79 Å². The van der Waals surface area contributed by atoms with Crippen molar-refractivity contribution in [1.82, 2.24) is 10.6 Å². The van der Waals surface area contributed by atoms with Gasteiger partial charge >= 0.3 is 6.03 Å². The summed E-state index contributed by atoms with van der Waals surface area (Å²) >= 11 is 0. The quantitative estimate of drug-likeness (QED) is 0.799. The van der Waals surface area contributed by atoms with Crippen LogP contribution in [0.15, 0.2) is 24.3 Å². The van der Waals surface area contributed by atoms with Gasteiger partial charge in [0.2, 0.25) is 0 Å². The number of hydrogen-bond acceptors (Lipinski definition) is 3. The summed E-state index contributed by atoms with van der Waals surface area (Å²) in [6.07, 6.45) is 4.78. The number of benzene rings is 1. The van der Waals surface area contributed by atoms with Gasteiger partial charge in [-0.1, -0.05) is 37.5 Å². The summed E-state index contributed by atoms with van der Waals surface area (Å²) < 4.78 is 5.67. The fraction of sp³-hybridized carbons (Fsp3) is 0.611. The first-order valence-electron chi connectivity index (χ1n) is 8.56. The number of carbonyl (C=O) groups excluding carboxylic acids is 1. The zero-order valence-corrected chi connectivity index (χ0v) is 13.7. The highest BCUT2D eigenvalue weighted by Gasteiger charge is 2.31. The molecule has 1 aliphatic heterocycles. The normalized spacial score (nSPS) is 23.5. The number of para-hydroxylation sites is 1. The summed E-state index contributed by atoms with van der Waals surface area (Å²) in [7, 11) is 0. The molecule has 5 nitrogen and oxygen atoms in total. The lowest BCUT2D eigenvalue weighted by Gasteiger charge is -2.32. The maximum Gasteiger partial charge on any atom is 0.315 e. The van der Waals surface area contributed by atoms with E-state index in [-0.39, 0.29) is 18.0 Å². The SMILES string of the molecule is CC(NC(=O)NCC1(O)CCCCC1)C1COc2ccccc21. The van der Waals surface area contributed by atoms with E-state index in [4.69, 9.17) is 4.74 Å². The Labute approximate surface area is 137 Å². The molecule has 3 rings (SSSR count). The van der Waals surface area contributed by atoms with E-state index < -0.39 is 5.60 Å². The van der Waals surface area contributed by atoms with Crippen molar-refractivity contribution in [3.05, 3.63) is 29.8 Å². The average molecular weight is 318 g/mol. The smallest absolute Gasteiger partial charge is 0.315 e. The standard InChI is InChI=1S/C18H26N2O3/c1-13(15-11-23-16-8-4-3-7-14(15)16)20-17(21)19-12-18(22)9-5-2-6-10-18/h3-4,7-8,13,15,22H,2,5-6,9-12H2,1H3,(H2,19,20,21). The summed E-state index contributed by atoms with van der Waals surface area (Å²) in [5.41, 5.74) is 0.410. The Hall–Kier alpha value is -1.75. The minimum atomic E-state index is -0.734. The van der Waals surface area contributed by atoms with Crippen molar-refractivity contribution in [2.75, 3.05) is 13.2 Å². The number of ether oxygens (including phenoxy) is 1. The number of nitrogens with one attached hydrogen (secondary N) is 2. The molecule has 2 atom stereocenters. The molecule has 0 bridgehead atoms. The largest absolute Gasteiger partial charge is 0.493 e. The van der Waals surface area contributed by atoms with Gasteiger partial charge in [-0.15, -0.1) is 0 Å². The van der Waals surface area contributed by atoms with Crippen molar-refractivity contribution >= 4 is 6.03 Å². The third-order valence-electron chi connectivity index (χ3n) is 5.06. The highest BCUT2D eigenvalue weighted by molar-refractivity contribution is 5.74. The Morgan fingerprint density at radius 2 is 2.09 bits per heavy atom. The molecule has 1 heterocycles. The predicted octanol–water partition coefficient (Wildman–Crippen LogP) is 2.55. The molecule has 126 valence electrons. The van der Waals surface area contributed by atoms with Crippen LogP contribution in [0.4, 0.5) is 4.79 Å². The lowest BCUT2D eigenvalue weighted by molar-refractivity contribution is 0.00711. The van der Waals surface area contributed by atoms with Crippen LogP contribution >= 0.6 is 0 Å². The van der Waals surface area contributed by atoms with E-state index in [9.17, 15) is 9.90 Å². The van der Waals surface area contributed by atoms with Crippen molar-refractivity contribution in [2.24, 2.45) is 0 Å². The molecule has 1 aliphatic carbocycles. The molecule has 2 aliphatic rings. The summed E-state index contributed by atoms with van der Waals surface area (Å²) in [6, 6.07) is 7.71. The monoisotopic (exact) mass is 318 g/mol. The van der Waals surface area contributed by atoms with Crippen LogP contribution in [0.3, 0.4) is 0 Å². The molecule has 0 saturated heterocycles. The number of urea groups is 1. The maximum atomic E-state index is 12.1. The molecular weight excluding hydrogens is 292 g/mol. The molecule has 2 amide bonds. The van der Waals surface area contributed by atoms with Gasteiger partial charge in [-0.05, 0) is 25.8 Å². The molecule has 3 N–H and O–H groups in total. The Bertz CT molecular complexity index is 555. The average Bonchev–Trinajstić information content (AvgIpc) is 2.98. The van der Waals surface area contributed by atoms with Crippen LogP contribution in [0, 0.1) is 0 Å². The third kappa shape index (κ3) is 3.78. The zero-order chi connectivity index (χ0) is 16.3. The van der Waals surface area contributed by atoms with Gasteiger partial charge in [0.15, 0.2) is 0 Å². The number of aliphatic hydroxyl groups is 1. The van der Waals surface area contributed by atoms with Crippen LogP contribution in [0.1, 0.15) is 50.5 Å². The van der Waals surface area contributed by atoms with Gasteiger partial charge < -0.3 is 20.5 Å². The molecule has 0 radical (unpaired) electrons. The number of carbonyl (C=O) groups is 1. The number of hydrogen-bond donors (Lipinski definition) is 3. The van der Waals surface area contributed by atoms with E-state index in [2.05, 4.69) is 10.6 Å². The molecule has 1 saturated carbocycles. The van der Waals surface area contributed by atoms with Gasteiger partial charge in [0, 0.05) is 24.1 Å². The third-order valence-corrected chi connectivity index (χ3v) is 5.06. The van der Waals surface area contributed by atoms with Crippen molar-refractivity contribution in [3.8, 4) is 5.75 Å². The maximum absolute atomic E-state index is 12.1. The Kier molecular flexibility index (Phi) is 4.76. The Balaban J connectivity index is 1.50. The van der Waals surface area contributed by atoms with E-state index in [1.54, 1.807) is 0 Å². The predicted molar refractivity (Wildman–Crippen MR) is 88.7 cm³/mol. The first-order chi connectivity index (χ1) is 11.1. The lowest BCUT2D eigenvalue weighted by atomic mass is 9.85. The number of rotatable bonds is 4. The highest BCUT2D eigenvalue weighted by atomic mass is 16.5. The van der Waals surface area contributed by atoms with Gasteiger partial charge in [0.25, 0.3) is 0 Å². The summed E-state index contributed by atoms with van der Waals surface area (Å²) in [5, 5.41) is 16.2. The van der Waals surface area contributed by atoms with Crippen molar-refractivity contribution < 1.29 is 14.6 Å². The van der Waals surface area contributed by atoms with Crippen LogP contribution in [-0.4, -0.2) is 35.9 Å². The molecule has 5 heteroatoms. The van der Waals surface area contributed by atoms with Crippen molar-refractivity contribution in [1.29, 1.82) is 0 Å². The van der Waals surface area contributed by atoms with Crippen LogP contribution in [0.5, 0.6) is 5.75 Å². The van der Waals surface area contributed by atoms with Crippen LogP contribution in [-0.2, 0) is 0 Å². The van der Waals surface area contributed by atoms with Crippen molar-refractivity contribution in [3.63, 3.8) is 0 Å². The van der Waals surface area contributed by atoms with Gasteiger partial charge in [-0.2, -0.15) is 0 Å². The highest BCUT2D eigenvalue weighted by Crippen LogP contribution is 2.35. The fourth-order valence-electron chi connectivity index (χ4n) is 3.59. The van der Waals surface area contributed by atoms with E-state index in [1.165, 1.54) is 6.42 Å². The van der Waals surface area contributed by atoms with Gasteiger partial charge in [0.1, 0.15) is 5.75 Å². The van der Waals surface area contributed by atoms with Crippen LogP contribution < -0.4 is 15.4 Å². The van der Waals surface area contributed by atoms with E-state index >= 15 is 0 Å². The zero-order valence-electron chi connectivity index (χ0n) is 13.7.